The van der Waals surface area contributed by atoms with Gasteiger partial charge in [-0.25, -0.2) is 0 Å². The van der Waals surface area contributed by atoms with Gasteiger partial charge >= 0.3 is 0 Å². The molecule has 4 aliphatic rings. The summed E-state index contributed by atoms with van der Waals surface area (Å²) in [5.74, 6) is 2.98. The van der Waals surface area contributed by atoms with E-state index in [0.717, 1.165) is 206 Å². The number of nitriles is 1. The maximum atomic E-state index is 10.6. The van der Waals surface area contributed by atoms with E-state index in [1.54, 1.807) is 0 Å². The van der Waals surface area contributed by atoms with Gasteiger partial charge in [-0.15, -0.1) is 0 Å². The zero-order valence-electron chi connectivity index (χ0n) is 70.7. The van der Waals surface area contributed by atoms with Crippen molar-refractivity contribution in [2.45, 2.75) is 52.4 Å². The molecule has 0 radical (unpaired) electrons. The Morgan fingerprint density at radius 2 is 0.683 bits per heavy atom. The first-order chi connectivity index (χ1) is 61.7. The van der Waals surface area contributed by atoms with Crippen molar-refractivity contribution in [3.8, 4) is 118 Å². The molecule has 6 heterocycles. The quantitative estimate of drug-likeness (QED) is 0.121. The van der Waals surface area contributed by atoms with Crippen LogP contribution in [0.2, 0.25) is 0 Å². The first kappa shape index (κ1) is 74.2. The van der Waals surface area contributed by atoms with E-state index < -0.39 is 13.4 Å². The fraction of sp³-hybridized carbons (Fsp3) is 0.0684. The number of hydrogen-bond acceptors (Lipinski definition) is 5. The highest BCUT2D eigenvalue weighted by molar-refractivity contribution is 7.03. The summed E-state index contributed by atoms with van der Waals surface area (Å²) in [6, 6.07) is 148. The molecule has 2 aromatic heterocycles. The van der Waals surface area contributed by atoms with E-state index in [0.29, 0.717) is 11.3 Å². The first-order valence-electron chi connectivity index (χ1n) is 43.7. The number of rotatable bonds is 11. The second kappa shape index (κ2) is 28.8. The first-order valence-corrected chi connectivity index (χ1v) is 43.7. The van der Waals surface area contributed by atoms with Crippen LogP contribution < -0.4 is 52.1 Å². The lowest BCUT2D eigenvalue weighted by molar-refractivity contribution is 0.466. The van der Waals surface area contributed by atoms with E-state index in [1.807, 2.05) is 6.07 Å². The van der Waals surface area contributed by atoms with Gasteiger partial charge < -0.3 is 28.4 Å². The van der Waals surface area contributed by atoms with Gasteiger partial charge in [-0.2, -0.15) is 5.26 Å². The average Bonchev–Trinajstić information content (AvgIpc) is 0.786. The predicted molar refractivity (Wildman–Crippen MR) is 527 cm³/mol. The van der Waals surface area contributed by atoms with Crippen LogP contribution in [0.3, 0.4) is 0 Å². The lowest BCUT2D eigenvalue weighted by Crippen LogP contribution is -2.65. The standard InChI is InChI=1S/C117H83B2N5O2/c1-116(2,3)84-54-59-100-93(68-84)94-69-85(117(4,5)6)55-60-101(94)122(100)106-67-82(75-34-16-8-17-35-75)64-97-114(106)126-108-71-105-110(115-111(108)118(97)96-63-81(53-61-107(96)125-115)74-32-14-7-15-33-74)119-95-57-56-86(121-98-51-29-28-46-91(98)92-62-73(72-120)52-58-99(92)121)70-102(95)123(112-87(77-38-20-10-21-39-77)47-30-48-88(112)78-40-22-11-23-41-78)103-65-83(76-36-18-9-19-37-76)66-104(109(103)119)124(105)113-89(79-42-24-12-25-43-79)49-31-50-90(113)80-44-26-13-27-45-80/h7-71H,1-6H3. The van der Waals surface area contributed by atoms with Crippen molar-refractivity contribution in [3.63, 3.8) is 0 Å². The number of anilines is 6. The number of ether oxygens (including phenoxy) is 2. The molecule has 594 valence electrons. The number of benzene rings is 18. The van der Waals surface area contributed by atoms with Crippen LogP contribution in [-0.2, 0) is 10.8 Å². The van der Waals surface area contributed by atoms with Crippen molar-refractivity contribution in [2.24, 2.45) is 0 Å². The van der Waals surface area contributed by atoms with Crippen LogP contribution in [0.15, 0.2) is 394 Å². The molecular weight excluding hydrogens is 1530 g/mol. The van der Waals surface area contributed by atoms with E-state index in [9.17, 15) is 5.26 Å². The summed E-state index contributed by atoms with van der Waals surface area (Å²) in [4.78, 5) is 5.27. The molecule has 20 aromatic rings. The SMILES string of the molecule is CC(C)(C)c1ccc2c(c1)c1cc(C(C)(C)C)ccc1n2-c1cc(-c2ccccc2)cc2c1Oc1cc3c(c4c1B2c1cc(-c2ccccc2)ccc1O4)B1c2ccc(-n4c5ccccc5c5cc(C#N)ccc54)cc2N(c2c(-c4ccccc4)cccc2-c2ccccc2)c2cc(-c4ccccc4)cc(c21)N3c1c(-c2ccccc2)cccc1-c1ccccc1. The maximum absolute atomic E-state index is 10.6. The van der Waals surface area contributed by atoms with E-state index in [1.165, 1.54) is 21.9 Å². The molecule has 0 saturated carbocycles. The van der Waals surface area contributed by atoms with Gasteiger partial charge in [0, 0.05) is 83.8 Å². The minimum absolute atomic E-state index is 0.127. The number of para-hydroxylation sites is 3. The Morgan fingerprint density at radius 3 is 1.20 bits per heavy atom. The van der Waals surface area contributed by atoms with E-state index in [2.05, 4.69) is 455 Å². The Morgan fingerprint density at radius 1 is 0.262 bits per heavy atom. The fourth-order valence-electron chi connectivity index (χ4n) is 20.8. The molecule has 18 aromatic carbocycles. The van der Waals surface area contributed by atoms with E-state index in [4.69, 9.17) is 9.47 Å². The Bertz CT molecular complexity index is 7740. The third-order valence-electron chi connectivity index (χ3n) is 26.7. The Balaban J connectivity index is 0.878. The summed E-state index contributed by atoms with van der Waals surface area (Å²) < 4.78 is 21.8. The van der Waals surface area contributed by atoms with Crippen LogP contribution in [0.25, 0.3) is 133 Å². The average molecular weight is 1610 g/mol. The molecule has 126 heavy (non-hydrogen) atoms. The van der Waals surface area contributed by atoms with Gasteiger partial charge in [-0.1, -0.05) is 345 Å². The van der Waals surface area contributed by atoms with Crippen LogP contribution in [-0.4, -0.2) is 22.6 Å². The van der Waals surface area contributed by atoms with Gasteiger partial charge in [0.25, 0.3) is 13.4 Å². The maximum Gasteiger partial charge on any atom is 0.260 e. The normalized spacial score (nSPS) is 12.9. The van der Waals surface area contributed by atoms with Gasteiger partial charge in [0.1, 0.15) is 23.0 Å². The molecular formula is C117H83B2N5O2. The third kappa shape index (κ3) is 11.7. The van der Waals surface area contributed by atoms with Crippen molar-refractivity contribution in [3.05, 3.63) is 411 Å². The molecule has 0 unspecified atom stereocenters. The van der Waals surface area contributed by atoms with Crippen molar-refractivity contribution in [1.82, 2.24) is 9.13 Å². The second-order valence-electron chi connectivity index (χ2n) is 36.1. The largest absolute Gasteiger partial charge is 0.459 e. The highest BCUT2D eigenvalue weighted by Gasteiger charge is 2.52. The summed E-state index contributed by atoms with van der Waals surface area (Å²) in [6.45, 7) is 12.9. The monoisotopic (exact) mass is 1610 g/mol. The lowest BCUT2D eigenvalue weighted by atomic mass is 9.30. The van der Waals surface area contributed by atoms with Crippen LogP contribution >= 0.6 is 0 Å². The van der Waals surface area contributed by atoms with Gasteiger partial charge in [0.05, 0.1) is 50.8 Å². The number of nitrogens with zero attached hydrogens (tertiary/aromatic N) is 5. The molecule has 0 N–H and O–H groups in total. The molecule has 7 nitrogen and oxygen atoms in total. The number of fused-ring (bicyclic) bond motifs is 15. The Kier molecular flexibility index (Phi) is 16.9. The summed E-state index contributed by atoms with van der Waals surface area (Å²) >= 11 is 0. The molecule has 0 aliphatic carbocycles. The lowest BCUT2D eigenvalue weighted by Gasteiger charge is -2.47. The minimum atomic E-state index is -0.539. The van der Waals surface area contributed by atoms with Crippen LogP contribution in [0.4, 0.5) is 34.1 Å². The van der Waals surface area contributed by atoms with Gasteiger partial charge in [0.15, 0.2) is 0 Å². The molecule has 0 bridgehead atoms. The summed E-state index contributed by atoms with van der Waals surface area (Å²) in [6.07, 6.45) is 0. The molecule has 0 saturated heterocycles. The summed E-state index contributed by atoms with van der Waals surface area (Å²) in [7, 11) is 0. The Hall–Kier alpha value is -15.6. The van der Waals surface area contributed by atoms with Gasteiger partial charge in [-0.05, 0) is 190 Å². The van der Waals surface area contributed by atoms with Gasteiger partial charge in [0.2, 0.25) is 0 Å². The zero-order chi connectivity index (χ0) is 84.4. The Labute approximate surface area is 734 Å². The van der Waals surface area contributed by atoms with E-state index >= 15 is 0 Å². The molecule has 0 fully saturated rings. The van der Waals surface area contributed by atoms with Crippen molar-refractivity contribution >= 4 is 124 Å². The van der Waals surface area contributed by atoms with Crippen molar-refractivity contribution in [2.75, 3.05) is 9.80 Å². The molecule has 9 heteroatoms. The van der Waals surface area contributed by atoms with Crippen LogP contribution in [0.1, 0.15) is 58.2 Å². The fourth-order valence-corrected chi connectivity index (χ4v) is 20.8. The van der Waals surface area contributed by atoms with Crippen LogP contribution in [0, 0.1) is 11.3 Å². The zero-order valence-corrected chi connectivity index (χ0v) is 70.7. The number of aromatic nitrogens is 2. The molecule has 0 spiro atoms. The topological polar surface area (TPSA) is 58.6 Å². The molecule has 0 amide bonds. The molecule has 0 atom stereocenters. The van der Waals surface area contributed by atoms with E-state index in [-0.39, 0.29) is 10.8 Å². The smallest absolute Gasteiger partial charge is 0.260 e. The van der Waals surface area contributed by atoms with Crippen molar-refractivity contribution in [1.29, 1.82) is 5.26 Å². The second-order valence-corrected chi connectivity index (χ2v) is 36.1. The summed E-state index contributed by atoms with van der Waals surface area (Å²) in [5.41, 5.74) is 36.2. The van der Waals surface area contributed by atoms with Crippen LogP contribution in [0.5, 0.6) is 23.0 Å². The van der Waals surface area contributed by atoms with Crippen molar-refractivity contribution < 1.29 is 9.47 Å². The number of hydrogen-bond donors (Lipinski definition) is 0. The third-order valence-corrected chi connectivity index (χ3v) is 26.7. The predicted octanol–water partition coefficient (Wildman–Crippen LogP) is 26.8. The highest BCUT2D eigenvalue weighted by Crippen LogP contribution is 2.57. The highest BCUT2D eigenvalue weighted by atomic mass is 16.5. The molecule has 4 aliphatic heterocycles. The minimum Gasteiger partial charge on any atom is -0.459 e. The summed E-state index contributed by atoms with van der Waals surface area (Å²) in [5, 5.41) is 15.1. The van der Waals surface area contributed by atoms with Gasteiger partial charge in [-0.3, -0.25) is 0 Å². The molecule has 24 rings (SSSR count).